The van der Waals surface area contributed by atoms with Crippen LogP contribution in [0, 0.1) is 11.6 Å². The van der Waals surface area contributed by atoms with Gasteiger partial charge in [0, 0.05) is 5.70 Å². The topological polar surface area (TPSA) is 38.0 Å². The first-order chi connectivity index (χ1) is 7.08. The van der Waals surface area contributed by atoms with Crippen LogP contribution in [0.5, 0.6) is 0 Å². The Morgan fingerprint density at radius 3 is 2.93 bits per heavy atom. The number of dihydropyridines is 1. The van der Waals surface area contributed by atoms with Crippen molar-refractivity contribution in [3.05, 3.63) is 35.7 Å². The van der Waals surface area contributed by atoms with E-state index >= 15 is 0 Å². The molecule has 1 aliphatic carbocycles. The van der Waals surface area contributed by atoms with Gasteiger partial charge in [-0.25, -0.2) is 0 Å². The zero-order valence-electron chi connectivity index (χ0n) is 9.51. The third kappa shape index (κ3) is 2.25. The Morgan fingerprint density at radius 2 is 2.33 bits per heavy atom. The number of rotatable bonds is 1. The van der Waals surface area contributed by atoms with Crippen LogP contribution in [-0.2, 0) is 0 Å². The predicted octanol–water partition coefficient (Wildman–Crippen LogP) is 2.25. The Morgan fingerprint density at radius 1 is 1.53 bits per heavy atom. The van der Waals surface area contributed by atoms with Crippen molar-refractivity contribution >= 4 is 0 Å². The molecule has 0 bridgehead atoms. The second kappa shape index (κ2) is 3.76. The first kappa shape index (κ1) is 10.3. The van der Waals surface area contributed by atoms with Crippen molar-refractivity contribution in [3.8, 4) is 0 Å². The molecule has 1 heterocycles. The Hall–Kier alpha value is -1.18. The molecule has 1 aliphatic heterocycles. The van der Waals surface area contributed by atoms with E-state index in [1.54, 1.807) is 0 Å². The largest absolute Gasteiger partial charge is 0.400 e. The standard InChI is InChI=1S/C13H19N2/c1-13(2)7-5-10(6-8-13)12-11(14)4-3-9-15-12/h3-5,12,15H,6-8,14H2,1-2H3. The molecule has 2 nitrogen and oxygen atoms in total. The average Bonchev–Trinajstić information content (AvgIpc) is 2.19. The molecule has 0 saturated heterocycles. The summed E-state index contributed by atoms with van der Waals surface area (Å²) in [5, 5.41) is 3.20. The Balaban J connectivity index is 2.10. The maximum atomic E-state index is 5.96. The second-order valence-electron chi connectivity index (χ2n) is 5.20. The lowest BCUT2D eigenvalue weighted by Gasteiger charge is -2.32. The minimum atomic E-state index is 0.186. The SMILES string of the molecule is CC1(C)CC=C(C2N[C]=CC=C2N)CC1. The van der Waals surface area contributed by atoms with Gasteiger partial charge in [0.25, 0.3) is 0 Å². The predicted molar refractivity (Wildman–Crippen MR) is 62.7 cm³/mol. The van der Waals surface area contributed by atoms with Gasteiger partial charge >= 0.3 is 0 Å². The molecule has 1 unspecified atom stereocenters. The third-order valence-electron chi connectivity index (χ3n) is 3.30. The number of hydrogen-bond donors (Lipinski definition) is 2. The number of allylic oxidation sites excluding steroid dienone is 3. The lowest BCUT2D eigenvalue weighted by Crippen LogP contribution is -2.36. The Bertz CT molecular complexity index is 334. The summed E-state index contributed by atoms with van der Waals surface area (Å²) < 4.78 is 0. The summed E-state index contributed by atoms with van der Waals surface area (Å²) in [7, 11) is 0. The van der Waals surface area contributed by atoms with Crippen LogP contribution in [0.3, 0.4) is 0 Å². The fourth-order valence-electron chi connectivity index (χ4n) is 2.11. The zero-order valence-corrected chi connectivity index (χ0v) is 9.51. The van der Waals surface area contributed by atoms with E-state index in [0.717, 1.165) is 18.5 Å². The van der Waals surface area contributed by atoms with Crippen molar-refractivity contribution in [2.75, 3.05) is 0 Å². The first-order valence-corrected chi connectivity index (χ1v) is 5.57. The fraction of sp³-hybridized carbons (Fsp3) is 0.538. The average molecular weight is 203 g/mol. The molecule has 15 heavy (non-hydrogen) atoms. The number of nitrogens with one attached hydrogen (secondary N) is 1. The highest BCUT2D eigenvalue weighted by molar-refractivity contribution is 5.30. The summed E-state index contributed by atoms with van der Waals surface area (Å²) >= 11 is 0. The van der Waals surface area contributed by atoms with Gasteiger partial charge in [-0.1, -0.05) is 19.9 Å². The molecule has 2 heteroatoms. The lowest BCUT2D eigenvalue weighted by atomic mass is 9.76. The Labute approximate surface area is 91.9 Å². The van der Waals surface area contributed by atoms with E-state index in [1.165, 1.54) is 12.0 Å². The van der Waals surface area contributed by atoms with Crippen LogP contribution < -0.4 is 11.1 Å². The van der Waals surface area contributed by atoms with E-state index in [1.807, 2.05) is 12.2 Å². The van der Waals surface area contributed by atoms with Crippen LogP contribution in [0.25, 0.3) is 0 Å². The maximum absolute atomic E-state index is 5.96. The molecule has 0 aromatic carbocycles. The van der Waals surface area contributed by atoms with Crippen molar-refractivity contribution in [3.63, 3.8) is 0 Å². The van der Waals surface area contributed by atoms with Gasteiger partial charge in [0.05, 0.1) is 12.2 Å². The van der Waals surface area contributed by atoms with E-state index < -0.39 is 0 Å². The molecule has 0 aromatic heterocycles. The van der Waals surface area contributed by atoms with E-state index in [4.69, 9.17) is 5.73 Å². The molecule has 0 saturated carbocycles. The van der Waals surface area contributed by atoms with E-state index in [2.05, 4.69) is 31.4 Å². The van der Waals surface area contributed by atoms with Crippen molar-refractivity contribution in [2.24, 2.45) is 11.1 Å². The first-order valence-electron chi connectivity index (χ1n) is 5.57. The highest BCUT2D eigenvalue weighted by Gasteiger charge is 2.26. The van der Waals surface area contributed by atoms with Crippen LogP contribution in [0.15, 0.2) is 29.5 Å². The lowest BCUT2D eigenvalue weighted by molar-refractivity contribution is 0.319. The van der Waals surface area contributed by atoms with E-state index in [0.29, 0.717) is 5.41 Å². The molecule has 1 atom stereocenters. The maximum Gasteiger partial charge on any atom is 0.0872 e. The normalized spacial score (nSPS) is 29.1. The molecule has 0 amide bonds. The summed E-state index contributed by atoms with van der Waals surface area (Å²) in [6.45, 7) is 4.64. The Kier molecular flexibility index (Phi) is 2.59. The molecule has 2 aliphatic rings. The van der Waals surface area contributed by atoms with E-state index in [-0.39, 0.29) is 6.04 Å². The number of nitrogens with two attached hydrogens (primary N) is 1. The van der Waals surface area contributed by atoms with Gasteiger partial charge < -0.3 is 11.1 Å². The van der Waals surface area contributed by atoms with Crippen LogP contribution in [0.4, 0.5) is 0 Å². The summed E-state index contributed by atoms with van der Waals surface area (Å²) in [6.07, 6.45) is 12.7. The monoisotopic (exact) mass is 203 g/mol. The minimum absolute atomic E-state index is 0.186. The van der Waals surface area contributed by atoms with Crippen LogP contribution >= 0.6 is 0 Å². The van der Waals surface area contributed by atoms with E-state index in [9.17, 15) is 0 Å². The van der Waals surface area contributed by atoms with Crippen LogP contribution in [0.2, 0.25) is 0 Å². The number of hydrogen-bond acceptors (Lipinski definition) is 2. The molecule has 81 valence electrons. The molecule has 0 aromatic rings. The summed E-state index contributed by atoms with van der Waals surface area (Å²) in [5.41, 5.74) is 8.74. The van der Waals surface area contributed by atoms with Crippen LogP contribution in [0.1, 0.15) is 33.1 Å². The van der Waals surface area contributed by atoms with Crippen molar-refractivity contribution in [2.45, 2.75) is 39.2 Å². The second-order valence-corrected chi connectivity index (χ2v) is 5.20. The van der Waals surface area contributed by atoms with Crippen LogP contribution in [-0.4, -0.2) is 6.04 Å². The molecule has 0 spiro atoms. The molecular formula is C13H19N2. The van der Waals surface area contributed by atoms with Gasteiger partial charge in [0.15, 0.2) is 0 Å². The molecule has 3 N–H and O–H groups in total. The quantitative estimate of drug-likeness (QED) is 0.641. The summed E-state index contributed by atoms with van der Waals surface area (Å²) in [4.78, 5) is 0. The summed E-state index contributed by atoms with van der Waals surface area (Å²) in [6, 6.07) is 0.186. The van der Waals surface area contributed by atoms with Crippen molar-refractivity contribution in [1.29, 1.82) is 0 Å². The smallest absolute Gasteiger partial charge is 0.0872 e. The summed E-state index contributed by atoms with van der Waals surface area (Å²) in [5.74, 6) is 0. The van der Waals surface area contributed by atoms with Crippen molar-refractivity contribution < 1.29 is 0 Å². The highest BCUT2D eigenvalue weighted by Crippen LogP contribution is 2.35. The minimum Gasteiger partial charge on any atom is -0.400 e. The molecule has 2 rings (SSSR count). The van der Waals surface area contributed by atoms with Gasteiger partial charge in [-0.05, 0) is 42.4 Å². The molecular weight excluding hydrogens is 184 g/mol. The van der Waals surface area contributed by atoms with Crippen molar-refractivity contribution in [1.82, 2.24) is 5.32 Å². The van der Waals surface area contributed by atoms with Gasteiger partial charge in [-0.2, -0.15) is 0 Å². The third-order valence-corrected chi connectivity index (χ3v) is 3.30. The van der Waals surface area contributed by atoms with Gasteiger partial charge in [0.2, 0.25) is 0 Å². The van der Waals surface area contributed by atoms with Gasteiger partial charge in [0.1, 0.15) is 0 Å². The van der Waals surface area contributed by atoms with Gasteiger partial charge in [-0.15, -0.1) is 0 Å². The fourth-order valence-corrected chi connectivity index (χ4v) is 2.11. The zero-order chi connectivity index (χ0) is 10.9. The molecule has 1 radical (unpaired) electrons. The van der Waals surface area contributed by atoms with Gasteiger partial charge in [-0.3, -0.25) is 0 Å². The molecule has 0 fully saturated rings. The highest BCUT2D eigenvalue weighted by atomic mass is 14.9.